The van der Waals surface area contributed by atoms with Gasteiger partial charge in [-0.1, -0.05) is 72.4 Å². The molecule has 0 bridgehead atoms. The number of benzene rings is 3. The number of aromatic nitrogens is 3. The number of hydrogen-bond donors (Lipinski definition) is 1. The average molecular weight is 489 g/mol. The average Bonchev–Trinajstić information content (AvgIpc) is 3.25. The molecule has 8 heteroatoms. The van der Waals surface area contributed by atoms with Crippen molar-refractivity contribution in [3.05, 3.63) is 89.5 Å². The SMILES string of the molecule is COc1cc(CNC(=O)CSc2nnc(-c3ccccc3C)n2C)ccc1OCc1ccccc1. The van der Waals surface area contributed by atoms with Gasteiger partial charge in [0.1, 0.15) is 6.61 Å². The van der Waals surface area contributed by atoms with Gasteiger partial charge in [0.2, 0.25) is 5.91 Å². The van der Waals surface area contributed by atoms with Gasteiger partial charge < -0.3 is 19.4 Å². The minimum Gasteiger partial charge on any atom is -0.493 e. The molecule has 0 radical (unpaired) electrons. The Hall–Kier alpha value is -3.78. The Bertz CT molecular complexity index is 1290. The highest BCUT2D eigenvalue weighted by atomic mass is 32.2. The molecular formula is C27H28N4O3S. The molecule has 4 aromatic rings. The van der Waals surface area contributed by atoms with Crippen LogP contribution in [0.3, 0.4) is 0 Å². The van der Waals surface area contributed by atoms with E-state index < -0.39 is 0 Å². The highest BCUT2D eigenvalue weighted by molar-refractivity contribution is 7.99. The van der Waals surface area contributed by atoms with Crippen molar-refractivity contribution >= 4 is 17.7 Å². The summed E-state index contributed by atoms with van der Waals surface area (Å²) >= 11 is 1.36. The van der Waals surface area contributed by atoms with Crippen LogP contribution in [0.15, 0.2) is 78.0 Å². The van der Waals surface area contributed by atoms with Crippen molar-refractivity contribution in [1.82, 2.24) is 20.1 Å². The molecule has 1 amide bonds. The number of thioether (sulfide) groups is 1. The second-order valence-corrected chi connectivity index (χ2v) is 8.95. The summed E-state index contributed by atoms with van der Waals surface area (Å²) in [6.45, 7) is 2.89. The lowest BCUT2D eigenvalue weighted by molar-refractivity contribution is -0.118. The lowest BCUT2D eigenvalue weighted by Gasteiger charge is -2.13. The van der Waals surface area contributed by atoms with E-state index >= 15 is 0 Å². The minimum absolute atomic E-state index is 0.0844. The summed E-state index contributed by atoms with van der Waals surface area (Å²) < 4.78 is 13.3. The first-order valence-electron chi connectivity index (χ1n) is 11.2. The van der Waals surface area contributed by atoms with Crippen LogP contribution in [-0.2, 0) is 25.0 Å². The molecule has 35 heavy (non-hydrogen) atoms. The lowest BCUT2D eigenvalue weighted by Crippen LogP contribution is -2.24. The fraction of sp³-hybridized carbons (Fsp3) is 0.222. The Labute approximate surface area is 209 Å². The third kappa shape index (κ3) is 6.22. The first-order valence-corrected chi connectivity index (χ1v) is 12.2. The van der Waals surface area contributed by atoms with Crippen LogP contribution in [0.2, 0.25) is 0 Å². The van der Waals surface area contributed by atoms with Gasteiger partial charge in [-0.15, -0.1) is 10.2 Å². The van der Waals surface area contributed by atoms with Crippen LogP contribution in [0.4, 0.5) is 0 Å². The molecule has 4 rings (SSSR count). The normalized spacial score (nSPS) is 10.7. The fourth-order valence-corrected chi connectivity index (χ4v) is 4.30. The molecule has 0 unspecified atom stereocenters. The molecule has 0 aliphatic rings. The predicted octanol–water partition coefficient (Wildman–Crippen LogP) is 4.79. The second kappa shape index (κ2) is 11.6. The third-order valence-corrected chi connectivity index (χ3v) is 6.53. The smallest absolute Gasteiger partial charge is 0.230 e. The van der Waals surface area contributed by atoms with E-state index in [1.165, 1.54) is 11.8 Å². The molecule has 0 atom stereocenters. The van der Waals surface area contributed by atoms with Crippen LogP contribution in [0.1, 0.15) is 16.7 Å². The lowest BCUT2D eigenvalue weighted by atomic mass is 10.1. The summed E-state index contributed by atoms with van der Waals surface area (Å²) in [6, 6.07) is 23.7. The summed E-state index contributed by atoms with van der Waals surface area (Å²) in [6.07, 6.45) is 0. The molecule has 0 saturated heterocycles. The number of ether oxygens (including phenoxy) is 2. The number of rotatable bonds is 10. The molecule has 7 nitrogen and oxygen atoms in total. The molecule has 0 fully saturated rings. The number of amides is 1. The number of carbonyl (C=O) groups is 1. The van der Waals surface area contributed by atoms with Gasteiger partial charge in [-0.2, -0.15) is 0 Å². The van der Waals surface area contributed by atoms with Gasteiger partial charge in [0.25, 0.3) is 0 Å². The molecule has 3 aromatic carbocycles. The van der Waals surface area contributed by atoms with Gasteiger partial charge in [0, 0.05) is 19.2 Å². The van der Waals surface area contributed by atoms with E-state index in [9.17, 15) is 4.79 Å². The molecule has 180 valence electrons. The quantitative estimate of drug-likeness (QED) is 0.324. The Morgan fingerprint density at radius 1 is 0.971 bits per heavy atom. The molecule has 0 aliphatic heterocycles. The van der Waals surface area contributed by atoms with Crippen molar-refractivity contribution in [2.24, 2.45) is 7.05 Å². The number of nitrogens with one attached hydrogen (secondary N) is 1. The number of hydrogen-bond acceptors (Lipinski definition) is 6. The molecule has 1 heterocycles. The number of methoxy groups -OCH3 is 1. The fourth-order valence-electron chi connectivity index (χ4n) is 3.56. The minimum atomic E-state index is -0.0844. The van der Waals surface area contributed by atoms with Crippen LogP contribution >= 0.6 is 11.8 Å². The van der Waals surface area contributed by atoms with E-state index in [0.29, 0.717) is 29.8 Å². The van der Waals surface area contributed by atoms with Crippen molar-refractivity contribution < 1.29 is 14.3 Å². The van der Waals surface area contributed by atoms with Crippen molar-refractivity contribution in [3.8, 4) is 22.9 Å². The molecule has 0 aliphatic carbocycles. The van der Waals surface area contributed by atoms with Gasteiger partial charge in [0.15, 0.2) is 22.5 Å². The molecule has 0 saturated carbocycles. The van der Waals surface area contributed by atoms with Gasteiger partial charge >= 0.3 is 0 Å². The third-order valence-electron chi connectivity index (χ3n) is 5.51. The summed E-state index contributed by atoms with van der Waals surface area (Å²) in [7, 11) is 3.52. The number of aryl methyl sites for hydroxylation is 1. The van der Waals surface area contributed by atoms with E-state index in [-0.39, 0.29) is 11.7 Å². The molecule has 1 N–H and O–H groups in total. The zero-order chi connectivity index (χ0) is 24.6. The van der Waals surface area contributed by atoms with Crippen molar-refractivity contribution in [2.45, 2.75) is 25.2 Å². The van der Waals surface area contributed by atoms with E-state index in [2.05, 4.69) is 15.5 Å². The number of nitrogens with zero attached hydrogens (tertiary/aromatic N) is 3. The first kappa shape index (κ1) is 24.3. The van der Waals surface area contributed by atoms with Gasteiger partial charge in [0.05, 0.1) is 12.9 Å². The predicted molar refractivity (Wildman–Crippen MR) is 138 cm³/mol. The van der Waals surface area contributed by atoms with Gasteiger partial charge in [-0.05, 0) is 35.7 Å². The standard InChI is InChI=1S/C27H28N4O3S/c1-19-9-7-8-12-22(19)26-29-30-27(31(26)2)35-18-25(32)28-16-21-13-14-23(24(15-21)33-3)34-17-20-10-5-4-6-11-20/h4-15H,16-18H2,1-3H3,(H,28,32). The van der Waals surface area contributed by atoms with Crippen LogP contribution < -0.4 is 14.8 Å². The largest absolute Gasteiger partial charge is 0.493 e. The molecule has 1 aromatic heterocycles. The van der Waals surface area contributed by atoms with Crippen LogP contribution in [0.25, 0.3) is 11.4 Å². The van der Waals surface area contributed by atoms with E-state index in [1.807, 2.05) is 91.3 Å². The van der Waals surface area contributed by atoms with Gasteiger partial charge in [-0.3, -0.25) is 4.79 Å². The van der Waals surface area contributed by atoms with Crippen molar-refractivity contribution in [2.75, 3.05) is 12.9 Å². The highest BCUT2D eigenvalue weighted by Gasteiger charge is 2.14. The Morgan fingerprint density at radius 2 is 1.74 bits per heavy atom. The summed E-state index contributed by atoms with van der Waals surface area (Å²) in [4.78, 5) is 12.5. The highest BCUT2D eigenvalue weighted by Crippen LogP contribution is 2.29. The zero-order valence-electron chi connectivity index (χ0n) is 20.0. The topological polar surface area (TPSA) is 78.3 Å². The Morgan fingerprint density at radius 3 is 2.51 bits per heavy atom. The maximum absolute atomic E-state index is 12.5. The maximum Gasteiger partial charge on any atom is 0.230 e. The summed E-state index contributed by atoms with van der Waals surface area (Å²) in [5.74, 6) is 2.24. The molecular weight excluding hydrogens is 460 g/mol. The Balaban J connectivity index is 1.30. The number of carbonyl (C=O) groups excluding carboxylic acids is 1. The van der Waals surface area contributed by atoms with E-state index in [0.717, 1.165) is 28.1 Å². The first-order chi connectivity index (χ1) is 17.0. The van der Waals surface area contributed by atoms with Crippen molar-refractivity contribution in [3.63, 3.8) is 0 Å². The van der Waals surface area contributed by atoms with Gasteiger partial charge in [-0.25, -0.2) is 0 Å². The molecule has 0 spiro atoms. The second-order valence-electron chi connectivity index (χ2n) is 8.01. The van der Waals surface area contributed by atoms with Crippen LogP contribution in [0.5, 0.6) is 11.5 Å². The maximum atomic E-state index is 12.5. The zero-order valence-corrected chi connectivity index (χ0v) is 20.8. The summed E-state index contributed by atoms with van der Waals surface area (Å²) in [5, 5.41) is 12.2. The van der Waals surface area contributed by atoms with E-state index in [4.69, 9.17) is 9.47 Å². The van der Waals surface area contributed by atoms with Crippen molar-refractivity contribution in [1.29, 1.82) is 0 Å². The van der Waals surface area contributed by atoms with E-state index in [1.54, 1.807) is 7.11 Å². The van der Waals surface area contributed by atoms with Crippen LogP contribution in [0, 0.1) is 6.92 Å². The monoisotopic (exact) mass is 488 g/mol. The van der Waals surface area contributed by atoms with Crippen LogP contribution in [-0.4, -0.2) is 33.5 Å². The summed E-state index contributed by atoms with van der Waals surface area (Å²) in [5.41, 5.74) is 4.17. The Kier molecular flexibility index (Phi) is 8.05.